The fraction of sp³-hybridized carbons (Fsp3) is 0.0526. The Morgan fingerprint density at radius 2 is 2.11 bits per heavy atom. The van der Waals surface area contributed by atoms with Crippen LogP contribution in [0, 0.1) is 11.3 Å². The summed E-state index contributed by atoms with van der Waals surface area (Å²) in [6.45, 7) is 0. The van der Waals surface area contributed by atoms with Gasteiger partial charge in [0.25, 0.3) is 0 Å². The van der Waals surface area contributed by atoms with Crippen LogP contribution < -0.4 is 4.74 Å². The summed E-state index contributed by atoms with van der Waals surface area (Å²) >= 11 is 16.8. The number of methoxy groups -OCH3 is 1. The first-order chi connectivity index (χ1) is 12.9. The van der Waals surface area contributed by atoms with Crippen LogP contribution in [-0.2, 0) is 0 Å². The molecule has 0 aliphatic rings. The van der Waals surface area contributed by atoms with Crippen molar-refractivity contribution >= 4 is 62.1 Å². The molecule has 0 atom stereocenters. The van der Waals surface area contributed by atoms with E-state index in [0.717, 1.165) is 5.56 Å². The third kappa shape index (κ3) is 4.28. The van der Waals surface area contributed by atoms with Crippen molar-refractivity contribution in [3.63, 3.8) is 0 Å². The Morgan fingerprint density at radius 1 is 1.33 bits per heavy atom. The molecule has 0 aliphatic heterocycles. The molecule has 2 aromatic carbocycles. The zero-order valence-electron chi connectivity index (χ0n) is 13.8. The molecule has 0 unspecified atom stereocenters. The lowest BCUT2D eigenvalue weighted by atomic mass is 10.1. The van der Waals surface area contributed by atoms with Gasteiger partial charge in [0.15, 0.2) is 11.5 Å². The number of phenols is 1. The first-order valence-electron chi connectivity index (χ1n) is 7.52. The molecule has 1 N–H and O–H groups in total. The Bertz CT molecular complexity index is 1090. The number of aromatic hydroxyl groups is 1. The number of phenolic OH excluding ortho intramolecular Hbond substituents is 1. The lowest BCUT2D eigenvalue weighted by molar-refractivity contribution is 0.372. The highest BCUT2D eigenvalue weighted by Gasteiger charge is 2.13. The fourth-order valence-corrected chi connectivity index (χ4v) is 4.11. The van der Waals surface area contributed by atoms with E-state index in [1.165, 1.54) is 18.4 Å². The zero-order valence-corrected chi connectivity index (χ0v) is 17.7. The number of nitrogens with zero attached hydrogens (tertiary/aromatic N) is 2. The van der Waals surface area contributed by atoms with E-state index < -0.39 is 0 Å². The van der Waals surface area contributed by atoms with Crippen molar-refractivity contribution < 1.29 is 9.84 Å². The van der Waals surface area contributed by atoms with Gasteiger partial charge >= 0.3 is 0 Å². The van der Waals surface area contributed by atoms with Gasteiger partial charge in [-0.1, -0.05) is 23.2 Å². The second-order valence-electron chi connectivity index (χ2n) is 5.39. The maximum atomic E-state index is 9.92. The van der Waals surface area contributed by atoms with Crippen molar-refractivity contribution in [2.24, 2.45) is 0 Å². The Balaban J connectivity index is 2.00. The van der Waals surface area contributed by atoms with Crippen LogP contribution in [0.4, 0.5) is 0 Å². The molecule has 0 aliphatic carbocycles. The SMILES string of the molecule is COc1cc(/C=C(\C#N)c2nc(-c3ccc(Cl)cc3Cl)cs2)cc(Br)c1O. The summed E-state index contributed by atoms with van der Waals surface area (Å²) in [5.41, 5.74) is 2.49. The minimum absolute atomic E-state index is 0.00192. The number of nitriles is 1. The van der Waals surface area contributed by atoms with Gasteiger partial charge in [0.2, 0.25) is 0 Å². The highest BCUT2D eigenvalue weighted by molar-refractivity contribution is 9.10. The van der Waals surface area contributed by atoms with Crippen LogP contribution in [0.15, 0.2) is 40.2 Å². The Morgan fingerprint density at radius 3 is 2.78 bits per heavy atom. The summed E-state index contributed by atoms with van der Waals surface area (Å²) in [4.78, 5) is 4.53. The first kappa shape index (κ1) is 19.7. The van der Waals surface area contributed by atoms with E-state index in [0.29, 0.717) is 42.1 Å². The van der Waals surface area contributed by atoms with Gasteiger partial charge in [-0.2, -0.15) is 5.26 Å². The largest absolute Gasteiger partial charge is 0.503 e. The van der Waals surface area contributed by atoms with Crippen LogP contribution >= 0.6 is 50.5 Å². The predicted octanol–water partition coefficient (Wildman–Crippen LogP) is 6.66. The number of thiazole rings is 1. The molecule has 8 heteroatoms. The van der Waals surface area contributed by atoms with E-state index >= 15 is 0 Å². The van der Waals surface area contributed by atoms with Gasteiger partial charge in [-0.05, 0) is 57.9 Å². The van der Waals surface area contributed by atoms with Gasteiger partial charge in [0.05, 0.1) is 27.9 Å². The summed E-state index contributed by atoms with van der Waals surface area (Å²) in [6, 6.07) is 10.7. The molecule has 1 aromatic heterocycles. The molecular weight excluding hydrogens is 471 g/mol. The lowest BCUT2D eigenvalue weighted by Gasteiger charge is -2.06. The normalized spacial score (nSPS) is 11.3. The molecule has 0 saturated carbocycles. The van der Waals surface area contributed by atoms with E-state index in [1.54, 1.807) is 36.4 Å². The topological polar surface area (TPSA) is 66.1 Å². The molecule has 136 valence electrons. The van der Waals surface area contributed by atoms with Gasteiger partial charge in [0, 0.05) is 16.0 Å². The van der Waals surface area contributed by atoms with Crippen molar-refractivity contribution in [1.29, 1.82) is 5.26 Å². The number of halogens is 3. The maximum absolute atomic E-state index is 9.92. The average molecular weight is 482 g/mol. The van der Waals surface area contributed by atoms with Gasteiger partial charge in [-0.25, -0.2) is 4.98 Å². The number of benzene rings is 2. The first-order valence-corrected chi connectivity index (χ1v) is 9.95. The molecule has 0 fully saturated rings. The number of ether oxygens (including phenoxy) is 1. The predicted molar refractivity (Wildman–Crippen MR) is 113 cm³/mol. The molecular formula is C19H11BrCl2N2O2S. The highest BCUT2D eigenvalue weighted by atomic mass is 79.9. The average Bonchev–Trinajstić information content (AvgIpc) is 3.12. The van der Waals surface area contributed by atoms with E-state index in [9.17, 15) is 10.4 Å². The number of rotatable bonds is 4. The summed E-state index contributed by atoms with van der Waals surface area (Å²) in [5, 5.41) is 22.9. The van der Waals surface area contributed by atoms with Gasteiger partial charge < -0.3 is 9.84 Å². The molecule has 0 spiro atoms. The molecule has 0 radical (unpaired) electrons. The van der Waals surface area contributed by atoms with Crippen molar-refractivity contribution in [3.8, 4) is 28.8 Å². The Kier molecular flexibility index (Phi) is 6.08. The quantitative estimate of drug-likeness (QED) is 0.423. The molecule has 0 bridgehead atoms. The molecule has 0 amide bonds. The molecule has 3 rings (SSSR count). The highest BCUT2D eigenvalue weighted by Crippen LogP contribution is 2.37. The minimum atomic E-state index is 0.00192. The fourth-order valence-electron chi connectivity index (χ4n) is 2.36. The Labute approximate surface area is 178 Å². The van der Waals surface area contributed by atoms with Gasteiger partial charge in [0.1, 0.15) is 11.1 Å². The van der Waals surface area contributed by atoms with Crippen LogP contribution in [0.1, 0.15) is 10.6 Å². The number of allylic oxidation sites excluding steroid dienone is 1. The summed E-state index contributed by atoms with van der Waals surface area (Å²) in [7, 11) is 1.46. The van der Waals surface area contributed by atoms with Crippen LogP contribution in [0.25, 0.3) is 22.9 Å². The third-order valence-corrected chi connectivity index (χ3v) is 5.67. The van der Waals surface area contributed by atoms with Crippen molar-refractivity contribution in [2.45, 2.75) is 0 Å². The zero-order chi connectivity index (χ0) is 19.6. The molecule has 0 saturated heterocycles. The van der Waals surface area contributed by atoms with Crippen molar-refractivity contribution in [2.75, 3.05) is 7.11 Å². The molecule has 3 aromatic rings. The van der Waals surface area contributed by atoms with Gasteiger partial charge in [-0.3, -0.25) is 0 Å². The summed E-state index contributed by atoms with van der Waals surface area (Å²) in [6.07, 6.45) is 1.68. The minimum Gasteiger partial charge on any atom is -0.503 e. The van der Waals surface area contributed by atoms with Crippen LogP contribution in [0.2, 0.25) is 10.0 Å². The number of hydrogen-bond donors (Lipinski definition) is 1. The monoisotopic (exact) mass is 480 g/mol. The standard InChI is InChI=1S/C19H11BrCl2N2O2S/c1-26-17-6-10(5-14(20)18(17)25)4-11(8-23)19-24-16(9-27-19)13-3-2-12(21)7-15(13)22/h2-7,9,25H,1H3/b11-4+. The summed E-state index contributed by atoms with van der Waals surface area (Å²) in [5.74, 6) is 0.308. The lowest BCUT2D eigenvalue weighted by Crippen LogP contribution is -1.87. The Hall–Kier alpha value is -2.04. The van der Waals surface area contributed by atoms with Crippen LogP contribution in [0.3, 0.4) is 0 Å². The second-order valence-corrected chi connectivity index (χ2v) is 7.94. The maximum Gasteiger partial charge on any atom is 0.172 e. The van der Waals surface area contributed by atoms with Gasteiger partial charge in [-0.15, -0.1) is 11.3 Å². The van der Waals surface area contributed by atoms with E-state index in [1.807, 2.05) is 5.38 Å². The molecule has 4 nitrogen and oxygen atoms in total. The molecule has 27 heavy (non-hydrogen) atoms. The van der Waals surface area contributed by atoms with Crippen molar-refractivity contribution in [3.05, 3.63) is 60.8 Å². The van der Waals surface area contributed by atoms with Crippen molar-refractivity contribution in [1.82, 2.24) is 4.98 Å². The smallest absolute Gasteiger partial charge is 0.172 e. The van der Waals surface area contributed by atoms with E-state index in [2.05, 4.69) is 27.0 Å². The van der Waals surface area contributed by atoms with E-state index in [-0.39, 0.29) is 5.75 Å². The summed E-state index contributed by atoms with van der Waals surface area (Å²) < 4.78 is 5.61. The van der Waals surface area contributed by atoms with Crippen LogP contribution in [-0.4, -0.2) is 17.2 Å². The van der Waals surface area contributed by atoms with Crippen LogP contribution in [0.5, 0.6) is 11.5 Å². The third-order valence-electron chi connectivity index (χ3n) is 3.64. The number of hydrogen-bond acceptors (Lipinski definition) is 5. The molecule has 1 heterocycles. The van der Waals surface area contributed by atoms with E-state index in [4.69, 9.17) is 27.9 Å². The second kappa shape index (κ2) is 8.32. The number of aromatic nitrogens is 1.